The number of aromatic hydroxyl groups is 1. The molecule has 1 saturated heterocycles. The van der Waals surface area contributed by atoms with Gasteiger partial charge in [0.15, 0.2) is 0 Å². The van der Waals surface area contributed by atoms with Gasteiger partial charge in [0, 0.05) is 111 Å². The molecule has 2 aliphatic rings. The summed E-state index contributed by atoms with van der Waals surface area (Å²) in [5.41, 5.74) is 12.7. The molecule has 2 aromatic heterocycles. The number of nitrogens with zero attached hydrogens (tertiary/aromatic N) is 2. The number of para-hydroxylation sites is 1. The predicted molar refractivity (Wildman–Crippen MR) is 510 cm³/mol. The van der Waals surface area contributed by atoms with E-state index in [-0.39, 0.29) is 121 Å². The third kappa shape index (κ3) is 34.2. The maximum Gasteiger partial charge on any atom is 0.407 e. The van der Waals surface area contributed by atoms with Gasteiger partial charge < -0.3 is 125 Å². The number of nitrogens with one attached hydrogen (secondary N) is 16. The summed E-state index contributed by atoms with van der Waals surface area (Å²) in [7, 11) is 0. The first kappa shape index (κ1) is 110. The molecule has 1 aliphatic heterocycles. The van der Waals surface area contributed by atoms with Gasteiger partial charge in [0.25, 0.3) is 0 Å². The van der Waals surface area contributed by atoms with Crippen LogP contribution in [-0.4, -0.2) is 265 Å². The molecule has 7 aromatic rings. The van der Waals surface area contributed by atoms with Crippen LogP contribution in [0.3, 0.4) is 0 Å². The quantitative estimate of drug-likeness (QED) is 0.0239. The van der Waals surface area contributed by atoms with Gasteiger partial charge in [0.1, 0.15) is 78.8 Å². The van der Waals surface area contributed by atoms with E-state index < -0.39 is 231 Å². The first-order valence-electron chi connectivity index (χ1n) is 46.8. The van der Waals surface area contributed by atoms with Gasteiger partial charge in [-0.2, -0.15) is 0 Å². The van der Waals surface area contributed by atoms with Crippen LogP contribution in [0.25, 0.3) is 22.0 Å². The molecule has 12 atom stereocenters. The number of amides is 15. The van der Waals surface area contributed by atoms with E-state index in [9.17, 15) is 82.8 Å². The average molecular weight is 2200 g/mol. The number of aromatic nitrogens is 3. The van der Waals surface area contributed by atoms with E-state index >= 15 is 19.2 Å². The number of aliphatic hydroxyl groups is 2. The molecule has 1 fully saturated rings. The van der Waals surface area contributed by atoms with E-state index in [1.54, 1.807) is 88.5 Å². The van der Waals surface area contributed by atoms with Crippen molar-refractivity contribution in [3.05, 3.63) is 192 Å². The van der Waals surface area contributed by atoms with Crippen LogP contribution in [0.1, 0.15) is 163 Å². The molecule has 43 heteroatoms. The van der Waals surface area contributed by atoms with E-state index in [1.165, 1.54) is 41.7 Å². The summed E-state index contributed by atoms with van der Waals surface area (Å²) in [6.45, 7) is 8.39. The predicted octanol–water partition coefficient (Wildman–Crippen LogP) is 1.36. The van der Waals surface area contributed by atoms with Crippen LogP contribution in [0.15, 0.2) is 158 Å². The number of rotatable bonds is 58. The van der Waals surface area contributed by atoms with Crippen LogP contribution in [0.5, 0.6) is 5.75 Å². The van der Waals surface area contributed by atoms with Gasteiger partial charge in [-0.25, -0.2) is 9.78 Å². The number of primary amides is 1. The number of alkyl carbamates (subject to hydrolysis) is 1. The molecule has 0 bridgehead atoms. The SMILES string of the molecule is C=C(C)NCCCC(NC(=O)C(Cc1ccccc1)NC(=O)C(Cc1cnc[nH]1)NC(=O)CC(CCC(=O)O)NC(=O)C(CCCC)NC(=O)C(CO)NC(=O)C(Cc1ccc(O)cc1)NC(=O)C(CO)NC(=O)CCC(=O)O)C(=O)NC(Cc1c[nH]c2ccccc12)C(=O)NCC(=O)NC(CCCCNC(=O)OCC1c2ccccc2-c2ccccc21)C(=O)N1CCCC1C(=O)NC(C(N)=O)C(C)C.[Fm]. The first-order chi connectivity index (χ1) is 67.1. The molecular weight excluding hydrogens is 2070 g/mol. The molecule has 42 nitrogen and oxygen atoms in total. The molecule has 9 rings (SSSR count). The van der Waals surface area contributed by atoms with Gasteiger partial charge in [-0.3, -0.25) is 76.7 Å². The minimum absolute atomic E-state index is 0. The molecule has 0 saturated carbocycles. The number of phenolic OH excluding ortho intramolecular Hbond substituents is 1. The maximum absolute atomic E-state index is 15.4. The molecule has 141 heavy (non-hydrogen) atoms. The molecule has 0 spiro atoms. The fourth-order valence-corrected chi connectivity index (χ4v) is 16.5. The number of phenols is 1. The summed E-state index contributed by atoms with van der Waals surface area (Å²) < 4.78 is 5.75. The number of fused-ring (bicyclic) bond motifs is 4. The number of carboxylic acids is 2. The van der Waals surface area contributed by atoms with Crippen molar-refractivity contribution < 1.29 is 112 Å². The summed E-state index contributed by atoms with van der Waals surface area (Å²) in [6.07, 6.45) is 1.33. The second-order valence-corrected chi connectivity index (χ2v) is 35.0. The zero-order chi connectivity index (χ0) is 101. The van der Waals surface area contributed by atoms with Crippen molar-refractivity contribution in [2.24, 2.45) is 11.7 Å². The average Bonchev–Trinajstić information content (AvgIpc) is 1.61. The number of aliphatic carboxylic acids is 2. The third-order valence-corrected chi connectivity index (χ3v) is 23.9. The summed E-state index contributed by atoms with van der Waals surface area (Å²) in [5.74, 6) is -16.2. The van der Waals surface area contributed by atoms with E-state index in [0.717, 1.165) is 22.3 Å². The van der Waals surface area contributed by atoms with Crippen LogP contribution >= 0.6 is 0 Å². The number of benzene rings is 5. The third-order valence-electron chi connectivity index (χ3n) is 23.9. The number of aromatic amines is 2. The summed E-state index contributed by atoms with van der Waals surface area (Å²) >= 11 is 0. The van der Waals surface area contributed by atoms with E-state index in [2.05, 4.69) is 96.0 Å². The number of imidazole rings is 1. The van der Waals surface area contributed by atoms with E-state index in [1.807, 2.05) is 48.5 Å². The van der Waals surface area contributed by atoms with Gasteiger partial charge in [-0.15, -0.1) is 0 Å². The van der Waals surface area contributed by atoms with Crippen molar-refractivity contribution in [1.29, 1.82) is 0 Å². The van der Waals surface area contributed by atoms with Crippen molar-refractivity contribution in [2.45, 2.75) is 228 Å². The van der Waals surface area contributed by atoms with Crippen LogP contribution in [0.4, 0.5) is 4.79 Å². The van der Waals surface area contributed by atoms with Crippen LogP contribution in [0, 0.1) is 5.92 Å². The number of likely N-dealkylation sites (tertiary alicyclic amines) is 1. The van der Waals surface area contributed by atoms with Gasteiger partial charge in [-0.05, 0) is 128 Å². The number of carbonyl (C=O) groups is 17. The molecule has 15 amide bonds. The van der Waals surface area contributed by atoms with Gasteiger partial charge >= 0.3 is 18.0 Å². The van der Waals surface area contributed by atoms with Crippen LogP contribution in [-0.2, 0) is 107 Å². The zero-order valence-electron chi connectivity index (χ0n) is 78.9. The zero-order valence-corrected chi connectivity index (χ0v) is 81.3. The minimum atomic E-state index is -1.85. The second-order valence-electron chi connectivity index (χ2n) is 35.0. The molecule has 764 valence electrons. The second kappa shape index (κ2) is 55.3. The number of hydrogen-bond donors (Lipinski definition) is 22. The topological polar surface area (TPSA) is 643 Å². The number of allylic oxidation sites excluding steroid dienone is 1. The number of nitrogens with two attached hydrogens (primary N) is 1. The molecule has 3 heterocycles. The van der Waals surface area contributed by atoms with Crippen LogP contribution < -0.4 is 80.2 Å². The molecule has 0 radical (unpaired) electrons. The largest absolute Gasteiger partial charge is 0.508 e. The molecule has 1 aliphatic carbocycles. The number of carbonyl (C=O) groups excluding carboxylic acids is 15. The number of aliphatic hydroxyl groups excluding tert-OH is 2. The monoisotopic (exact) mass is 2200 g/mol. The van der Waals surface area contributed by atoms with Crippen molar-refractivity contribution >= 4 is 112 Å². The number of unbranched alkanes of at least 4 members (excludes halogenated alkanes) is 2. The fourth-order valence-electron chi connectivity index (χ4n) is 16.5. The summed E-state index contributed by atoms with van der Waals surface area (Å²) in [4.78, 5) is 248. The summed E-state index contributed by atoms with van der Waals surface area (Å²) in [5, 5.41) is 87.3. The Morgan fingerprint density at radius 1 is 0.518 bits per heavy atom. The van der Waals surface area contributed by atoms with E-state index in [4.69, 9.17) is 15.6 Å². The fraction of sp³-hybridized carbons (Fsp3) is 0.449. The van der Waals surface area contributed by atoms with Gasteiger partial charge in [0.05, 0.1) is 32.5 Å². The Morgan fingerprint density at radius 2 is 1.04 bits per heavy atom. The van der Waals surface area contributed by atoms with Crippen molar-refractivity contribution in [2.75, 3.05) is 46.0 Å². The Hall–Kier alpha value is -16.1. The number of ether oxygens (including phenoxy) is 1. The molecule has 5 aromatic carbocycles. The summed E-state index contributed by atoms with van der Waals surface area (Å²) in [6, 6.07) is 19.0. The molecule has 23 N–H and O–H groups in total. The van der Waals surface area contributed by atoms with Crippen molar-refractivity contribution in [3.8, 4) is 16.9 Å². The Balaban J connectivity index is 0.0000243. The smallest absolute Gasteiger partial charge is 0.407 e. The maximum atomic E-state index is 15.4. The Bertz CT molecular complexity index is 5430. The van der Waals surface area contributed by atoms with Crippen molar-refractivity contribution in [1.82, 2.24) is 94.3 Å². The Morgan fingerprint density at radius 3 is 1.62 bits per heavy atom. The first-order valence-corrected chi connectivity index (χ1v) is 46.8. The van der Waals surface area contributed by atoms with Gasteiger partial charge in [0.2, 0.25) is 82.7 Å². The Labute approximate surface area is 808 Å². The minimum Gasteiger partial charge on any atom is -0.508 e. The van der Waals surface area contributed by atoms with Crippen LogP contribution in [0.2, 0.25) is 0 Å². The number of hydrogen-bond acceptors (Lipinski definition) is 23. The molecule has 12 unspecified atom stereocenters. The van der Waals surface area contributed by atoms with Crippen molar-refractivity contribution in [3.63, 3.8) is 0 Å². The Kier molecular flexibility index (Phi) is 43.3. The normalized spacial score (nSPS) is 14.8. The number of carboxylic acid groups (broad SMARTS) is 2. The molecular formula is C98H127FmN19O23. The van der Waals surface area contributed by atoms with E-state index in [0.29, 0.717) is 46.1 Å². The standard InChI is InChI=1S/C98H127N19O23.Fm/c1-6-7-28-71(111-95(136)79(53-119)115-92(133)75(45-59-33-36-63(120)37-34-59)113-94(135)78(52-118)109-81(121)38-40-85(126)127)89(130)106-61(35-39-84(124)125)48-82(122)108-77(47-62-50-100-55-105-62)93(134)112-74(44-58-21-9-8-10-22-58)91(132)110-72(31-19-42-101-57(4)5)90(131)114-76(46-60-49-103-70-29-16-15-23-64(60)70)88(129)104-51-83(123)107-73(97(138)117-43-20-32-80(117)96(137)116-86(56(2)3)87(99)128)30-17-18-41-102-98(139)140-54-69-67-26-13-11-24-65(67)66-25-12-14-27-68(66)69;/h8-16,21-27,29,33-34,36-37,49-50,55-56,61,69,71-80,86,101,103,118-120H,4,6-7,17-20,28,30-32,35,38-48,51-54H2,1-3,5H3,(H2,99,128)(H,100,105)(H,102,139)(H,104,129)(H,106,130)(H,107,123)(H,108,122)(H,109,121)(H,110,132)(H,111,136)(H,112,134)(H,113,135)(H,114,131)(H,115,133)(H,116,137)(H,124,125)(H,126,127);. The van der Waals surface area contributed by atoms with Gasteiger partial charge in [-0.1, -0.05) is 149 Å². The number of H-pyrrole nitrogens is 2.